The molecule has 0 fully saturated rings. The number of tetrazole rings is 1. The van der Waals surface area contributed by atoms with E-state index in [9.17, 15) is 10.1 Å². The SMILES string of the molecule is O=[N+]([O-])c1ccc(/C=N\[N-]c2nn[nH]n2)cc1. The Morgan fingerprint density at radius 3 is 2.76 bits per heavy atom. The van der Waals surface area contributed by atoms with Gasteiger partial charge in [0.05, 0.1) is 10.9 Å². The molecule has 0 aliphatic heterocycles. The van der Waals surface area contributed by atoms with Crippen molar-refractivity contribution in [3.05, 3.63) is 45.4 Å². The summed E-state index contributed by atoms with van der Waals surface area (Å²) < 4.78 is 0. The van der Waals surface area contributed by atoms with Crippen molar-refractivity contribution in [3.8, 4) is 0 Å². The highest BCUT2D eigenvalue weighted by Gasteiger charge is 2.01. The first-order chi connectivity index (χ1) is 8.25. The third kappa shape index (κ3) is 2.81. The lowest BCUT2D eigenvalue weighted by Gasteiger charge is -1.97. The fourth-order valence-electron chi connectivity index (χ4n) is 1.03. The van der Waals surface area contributed by atoms with Crippen LogP contribution in [0.25, 0.3) is 5.43 Å². The molecule has 1 N–H and O–H groups in total. The van der Waals surface area contributed by atoms with Gasteiger partial charge in [-0.3, -0.25) is 31.0 Å². The van der Waals surface area contributed by atoms with Crippen LogP contribution < -0.4 is 0 Å². The Hall–Kier alpha value is -2.84. The summed E-state index contributed by atoms with van der Waals surface area (Å²) in [4.78, 5) is 9.94. The van der Waals surface area contributed by atoms with Gasteiger partial charge in [0.2, 0.25) is 0 Å². The van der Waals surface area contributed by atoms with Crippen molar-refractivity contribution in [1.82, 2.24) is 20.6 Å². The van der Waals surface area contributed by atoms with Crippen LogP contribution in [0, 0.1) is 10.1 Å². The molecule has 0 aliphatic carbocycles. The van der Waals surface area contributed by atoms with Crippen molar-refractivity contribution in [2.75, 3.05) is 0 Å². The minimum Gasteiger partial charge on any atom is -0.277 e. The Morgan fingerprint density at radius 1 is 1.41 bits per heavy atom. The van der Waals surface area contributed by atoms with Crippen LogP contribution in [0.15, 0.2) is 29.4 Å². The summed E-state index contributed by atoms with van der Waals surface area (Å²) in [6.07, 6.45) is 1.43. The zero-order valence-corrected chi connectivity index (χ0v) is 8.39. The van der Waals surface area contributed by atoms with Crippen LogP contribution in [0.2, 0.25) is 0 Å². The number of aromatic amines is 1. The van der Waals surface area contributed by atoms with Gasteiger partial charge in [0, 0.05) is 18.3 Å². The molecule has 0 saturated heterocycles. The Morgan fingerprint density at radius 2 is 2.18 bits per heavy atom. The molecule has 0 atom stereocenters. The molecule has 0 radical (unpaired) electrons. The lowest BCUT2D eigenvalue weighted by Crippen LogP contribution is -1.88. The molecule has 9 nitrogen and oxygen atoms in total. The fourth-order valence-corrected chi connectivity index (χ4v) is 1.03. The highest BCUT2D eigenvalue weighted by molar-refractivity contribution is 5.80. The maximum atomic E-state index is 10.4. The Balaban J connectivity index is 1.99. The molecule has 17 heavy (non-hydrogen) atoms. The molecular weight excluding hydrogens is 226 g/mol. The number of non-ortho nitro benzene ring substituents is 1. The third-order valence-corrected chi connectivity index (χ3v) is 1.79. The van der Waals surface area contributed by atoms with E-state index < -0.39 is 4.92 Å². The molecular formula is C8H6N7O2-. The number of nitro groups is 1. The van der Waals surface area contributed by atoms with Gasteiger partial charge in [-0.1, -0.05) is 0 Å². The first-order valence-electron chi connectivity index (χ1n) is 4.48. The van der Waals surface area contributed by atoms with Crippen LogP contribution in [0.5, 0.6) is 0 Å². The van der Waals surface area contributed by atoms with Crippen LogP contribution in [0.4, 0.5) is 11.6 Å². The van der Waals surface area contributed by atoms with E-state index >= 15 is 0 Å². The average Bonchev–Trinajstić information content (AvgIpc) is 2.83. The quantitative estimate of drug-likeness (QED) is 0.480. The zero-order valence-electron chi connectivity index (χ0n) is 8.39. The second kappa shape index (κ2) is 4.79. The third-order valence-electron chi connectivity index (χ3n) is 1.79. The number of nitrogens with zero attached hydrogens (tertiary/aromatic N) is 6. The summed E-state index contributed by atoms with van der Waals surface area (Å²) >= 11 is 0. The molecule has 1 aromatic carbocycles. The number of nitro benzene ring substituents is 1. The monoisotopic (exact) mass is 232 g/mol. The first kappa shape index (κ1) is 10.7. The summed E-state index contributed by atoms with van der Waals surface area (Å²) in [7, 11) is 0. The van der Waals surface area contributed by atoms with E-state index in [1.54, 1.807) is 12.1 Å². The zero-order chi connectivity index (χ0) is 12.1. The predicted octanol–water partition coefficient (Wildman–Crippen LogP) is 1.15. The van der Waals surface area contributed by atoms with E-state index in [-0.39, 0.29) is 11.6 Å². The summed E-state index contributed by atoms with van der Waals surface area (Å²) in [5, 5.41) is 26.8. The van der Waals surface area contributed by atoms with Crippen molar-refractivity contribution >= 4 is 17.9 Å². The van der Waals surface area contributed by atoms with Gasteiger partial charge in [-0.25, -0.2) is 5.10 Å². The summed E-state index contributed by atoms with van der Waals surface area (Å²) in [5.74, 6) is 0.114. The van der Waals surface area contributed by atoms with Gasteiger partial charge in [-0.2, -0.15) is 0 Å². The minimum atomic E-state index is -0.468. The van der Waals surface area contributed by atoms with Crippen LogP contribution in [0.3, 0.4) is 0 Å². The van der Waals surface area contributed by atoms with Gasteiger partial charge >= 0.3 is 0 Å². The molecule has 1 aromatic heterocycles. The molecule has 0 aliphatic rings. The molecule has 0 bridgehead atoms. The number of H-pyrrole nitrogens is 1. The van der Waals surface area contributed by atoms with Gasteiger partial charge in [0.25, 0.3) is 5.69 Å². The van der Waals surface area contributed by atoms with Gasteiger partial charge in [-0.05, 0) is 17.7 Å². The van der Waals surface area contributed by atoms with E-state index in [2.05, 4.69) is 31.2 Å². The summed E-state index contributed by atoms with van der Waals surface area (Å²) in [5.41, 5.74) is 4.35. The van der Waals surface area contributed by atoms with Crippen LogP contribution in [-0.2, 0) is 0 Å². The lowest BCUT2D eigenvalue weighted by molar-refractivity contribution is -0.384. The lowest BCUT2D eigenvalue weighted by atomic mass is 10.2. The first-order valence-corrected chi connectivity index (χ1v) is 4.48. The van der Waals surface area contributed by atoms with E-state index in [0.29, 0.717) is 5.56 Å². The van der Waals surface area contributed by atoms with Gasteiger partial charge < -0.3 is 0 Å². The van der Waals surface area contributed by atoms with Gasteiger partial charge in [0.15, 0.2) is 0 Å². The highest BCUT2D eigenvalue weighted by atomic mass is 16.6. The summed E-state index contributed by atoms with van der Waals surface area (Å²) in [6.45, 7) is 0. The molecule has 86 valence electrons. The number of hydrogen-bond acceptors (Lipinski definition) is 6. The summed E-state index contributed by atoms with van der Waals surface area (Å²) in [6, 6.07) is 5.90. The number of rotatable bonds is 4. The fraction of sp³-hybridized carbons (Fsp3) is 0. The second-order valence-electron chi connectivity index (χ2n) is 2.91. The van der Waals surface area contributed by atoms with Gasteiger partial charge in [0.1, 0.15) is 0 Å². The Labute approximate surface area is 94.7 Å². The molecule has 0 saturated carbocycles. The number of aromatic nitrogens is 4. The average molecular weight is 232 g/mol. The van der Waals surface area contributed by atoms with Crippen molar-refractivity contribution in [2.24, 2.45) is 5.10 Å². The highest BCUT2D eigenvalue weighted by Crippen LogP contribution is 2.12. The van der Waals surface area contributed by atoms with Crippen molar-refractivity contribution in [3.63, 3.8) is 0 Å². The van der Waals surface area contributed by atoms with Gasteiger partial charge in [-0.15, -0.1) is 5.21 Å². The molecule has 2 rings (SSSR count). The standard InChI is InChI=1S/C8H6N7O2/c16-15(17)7-3-1-6(2-4-7)5-9-10-8-11-13-14-12-8/h1-5H,(H-,10,11,12,13,14)/q-1/b9-5-. The second-order valence-corrected chi connectivity index (χ2v) is 2.91. The maximum absolute atomic E-state index is 10.4. The molecule has 0 unspecified atom stereocenters. The Kier molecular flexibility index (Phi) is 3.01. The van der Waals surface area contributed by atoms with Crippen molar-refractivity contribution in [1.29, 1.82) is 0 Å². The van der Waals surface area contributed by atoms with Crippen LogP contribution >= 0.6 is 0 Å². The Bertz CT molecular complexity index is 519. The number of hydrogen-bond donors (Lipinski definition) is 1. The van der Waals surface area contributed by atoms with Crippen molar-refractivity contribution < 1.29 is 4.92 Å². The maximum Gasteiger partial charge on any atom is 0.269 e. The molecule has 2 aromatic rings. The largest absolute Gasteiger partial charge is 0.277 e. The van der Waals surface area contributed by atoms with Crippen LogP contribution in [0.1, 0.15) is 5.56 Å². The number of nitrogens with one attached hydrogen (secondary N) is 1. The normalized spacial score (nSPS) is 10.6. The molecule has 0 spiro atoms. The van der Waals surface area contributed by atoms with E-state index in [4.69, 9.17) is 0 Å². The van der Waals surface area contributed by atoms with E-state index in [1.807, 2.05) is 0 Å². The van der Waals surface area contributed by atoms with Crippen molar-refractivity contribution in [2.45, 2.75) is 0 Å². The molecule has 1 heterocycles. The van der Waals surface area contributed by atoms with E-state index in [0.717, 1.165) is 0 Å². The van der Waals surface area contributed by atoms with E-state index in [1.165, 1.54) is 18.3 Å². The topological polar surface area (TPSA) is 124 Å². The minimum absolute atomic E-state index is 0.0252. The number of benzene rings is 1. The van der Waals surface area contributed by atoms with Crippen LogP contribution in [-0.4, -0.2) is 31.8 Å². The smallest absolute Gasteiger partial charge is 0.269 e. The molecule has 0 amide bonds. The predicted molar refractivity (Wildman–Crippen MR) is 57.9 cm³/mol. The molecule has 9 heteroatoms.